The minimum Gasteiger partial charge on any atom is -0.307 e. The van der Waals surface area contributed by atoms with E-state index in [9.17, 15) is 0 Å². The van der Waals surface area contributed by atoms with Crippen LogP contribution in [0.4, 0.5) is 0 Å². The zero-order valence-electron chi connectivity index (χ0n) is 12.6. The SMILES string of the molecule is Cc1sc(CNC(C)(C)C)cc1CN1CC=CCC1. The first-order valence-corrected chi connectivity index (χ1v) is 7.96. The Hall–Kier alpha value is -0.640. The molecule has 2 nitrogen and oxygen atoms in total. The molecule has 2 rings (SSSR count). The Kier molecular flexibility index (Phi) is 4.82. The standard InChI is InChI=1S/C16H26N2S/c1-13-14(12-18-8-6-5-7-9-18)10-15(19-13)11-17-16(2,3)4/h5-6,10,17H,7-9,11-12H2,1-4H3. The summed E-state index contributed by atoms with van der Waals surface area (Å²) in [5, 5.41) is 3.57. The van der Waals surface area contributed by atoms with Gasteiger partial charge < -0.3 is 5.32 Å². The normalized spacial score (nSPS) is 17.1. The molecule has 0 atom stereocenters. The Morgan fingerprint density at radius 2 is 2.11 bits per heavy atom. The summed E-state index contributed by atoms with van der Waals surface area (Å²) in [4.78, 5) is 5.45. The highest BCUT2D eigenvalue weighted by Crippen LogP contribution is 2.24. The van der Waals surface area contributed by atoms with Gasteiger partial charge in [-0.25, -0.2) is 0 Å². The van der Waals surface area contributed by atoms with Crippen LogP contribution in [0.1, 0.15) is 42.5 Å². The number of thiophene rings is 1. The molecule has 0 saturated carbocycles. The maximum absolute atomic E-state index is 3.57. The first kappa shape index (κ1) is 14.8. The van der Waals surface area contributed by atoms with E-state index < -0.39 is 0 Å². The van der Waals surface area contributed by atoms with Crippen LogP contribution in [0.25, 0.3) is 0 Å². The fraction of sp³-hybridized carbons (Fsp3) is 0.625. The van der Waals surface area contributed by atoms with Crippen LogP contribution in [0.3, 0.4) is 0 Å². The van der Waals surface area contributed by atoms with Crippen molar-refractivity contribution >= 4 is 11.3 Å². The molecule has 106 valence electrons. The number of rotatable bonds is 4. The number of hydrogen-bond acceptors (Lipinski definition) is 3. The van der Waals surface area contributed by atoms with E-state index in [0.717, 1.165) is 19.6 Å². The third kappa shape index (κ3) is 4.75. The predicted molar refractivity (Wildman–Crippen MR) is 84.7 cm³/mol. The molecule has 1 N–H and O–H groups in total. The van der Waals surface area contributed by atoms with Crippen LogP contribution >= 0.6 is 11.3 Å². The molecule has 0 radical (unpaired) electrons. The largest absolute Gasteiger partial charge is 0.307 e. The zero-order valence-corrected chi connectivity index (χ0v) is 13.4. The van der Waals surface area contributed by atoms with Gasteiger partial charge in [0, 0.05) is 41.5 Å². The number of aryl methyl sites for hydroxylation is 1. The van der Waals surface area contributed by atoms with Gasteiger partial charge in [0.25, 0.3) is 0 Å². The maximum atomic E-state index is 3.57. The smallest absolute Gasteiger partial charge is 0.0304 e. The summed E-state index contributed by atoms with van der Waals surface area (Å²) in [6.07, 6.45) is 5.77. The van der Waals surface area contributed by atoms with E-state index in [0.29, 0.717) is 0 Å². The molecule has 0 saturated heterocycles. The van der Waals surface area contributed by atoms with Gasteiger partial charge in [0.15, 0.2) is 0 Å². The second-order valence-corrected chi connectivity index (χ2v) is 7.73. The molecule has 1 aliphatic heterocycles. The average Bonchev–Trinajstić information content (AvgIpc) is 2.68. The summed E-state index contributed by atoms with van der Waals surface area (Å²) in [6.45, 7) is 13.3. The summed E-state index contributed by atoms with van der Waals surface area (Å²) in [6, 6.07) is 2.39. The molecular formula is C16H26N2S. The lowest BCUT2D eigenvalue weighted by Crippen LogP contribution is -2.34. The van der Waals surface area contributed by atoms with E-state index in [2.05, 4.69) is 56.1 Å². The summed E-state index contributed by atoms with van der Waals surface area (Å²) in [5.41, 5.74) is 1.70. The van der Waals surface area contributed by atoms with Gasteiger partial charge in [-0.3, -0.25) is 4.90 Å². The highest BCUT2D eigenvalue weighted by atomic mass is 32.1. The van der Waals surface area contributed by atoms with Gasteiger partial charge in [0.05, 0.1) is 0 Å². The van der Waals surface area contributed by atoms with E-state index in [1.165, 1.54) is 28.3 Å². The molecule has 2 heterocycles. The van der Waals surface area contributed by atoms with E-state index in [1.807, 2.05) is 11.3 Å². The predicted octanol–water partition coefficient (Wildman–Crippen LogP) is 3.71. The van der Waals surface area contributed by atoms with Crippen molar-refractivity contribution in [1.29, 1.82) is 0 Å². The van der Waals surface area contributed by atoms with Crippen LogP contribution in [-0.2, 0) is 13.1 Å². The van der Waals surface area contributed by atoms with E-state index in [4.69, 9.17) is 0 Å². The molecule has 19 heavy (non-hydrogen) atoms. The Bertz CT molecular complexity index is 440. The van der Waals surface area contributed by atoms with Gasteiger partial charge >= 0.3 is 0 Å². The second kappa shape index (κ2) is 6.21. The Balaban J connectivity index is 1.94. The summed E-state index contributed by atoms with van der Waals surface area (Å²) in [5.74, 6) is 0. The lowest BCUT2D eigenvalue weighted by atomic mass is 10.1. The van der Waals surface area contributed by atoms with Gasteiger partial charge in [-0.05, 0) is 45.7 Å². The van der Waals surface area contributed by atoms with E-state index in [1.54, 1.807) is 0 Å². The van der Waals surface area contributed by atoms with Crippen molar-refractivity contribution in [3.05, 3.63) is 33.5 Å². The minimum atomic E-state index is 0.190. The van der Waals surface area contributed by atoms with Crippen LogP contribution in [0, 0.1) is 6.92 Å². The van der Waals surface area contributed by atoms with Crippen molar-refractivity contribution in [2.45, 2.75) is 52.7 Å². The molecule has 0 unspecified atom stereocenters. The Morgan fingerprint density at radius 3 is 2.74 bits per heavy atom. The van der Waals surface area contributed by atoms with Crippen molar-refractivity contribution in [2.24, 2.45) is 0 Å². The Labute approximate surface area is 121 Å². The summed E-state index contributed by atoms with van der Waals surface area (Å²) < 4.78 is 0. The molecule has 0 spiro atoms. The van der Waals surface area contributed by atoms with Crippen LogP contribution in [0.5, 0.6) is 0 Å². The van der Waals surface area contributed by atoms with Crippen LogP contribution in [0.15, 0.2) is 18.2 Å². The molecular weight excluding hydrogens is 252 g/mol. The molecule has 0 aromatic carbocycles. The highest BCUT2D eigenvalue weighted by Gasteiger charge is 2.13. The zero-order chi connectivity index (χ0) is 13.9. The first-order chi connectivity index (χ1) is 8.94. The second-order valence-electron chi connectivity index (χ2n) is 6.39. The van der Waals surface area contributed by atoms with Gasteiger partial charge in [-0.1, -0.05) is 12.2 Å². The maximum Gasteiger partial charge on any atom is 0.0304 e. The number of nitrogens with zero attached hydrogens (tertiary/aromatic N) is 1. The molecule has 0 amide bonds. The fourth-order valence-corrected chi connectivity index (χ4v) is 3.25. The van der Waals surface area contributed by atoms with Crippen molar-refractivity contribution in [3.8, 4) is 0 Å². The highest BCUT2D eigenvalue weighted by molar-refractivity contribution is 7.12. The van der Waals surface area contributed by atoms with Crippen molar-refractivity contribution in [1.82, 2.24) is 10.2 Å². The first-order valence-electron chi connectivity index (χ1n) is 7.14. The minimum absolute atomic E-state index is 0.190. The summed E-state index contributed by atoms with van der Waals surface area (Å²) >= 11 is 1.94. The summed E-state index contributed by atoms with van der Waals surface area (Å²) in [7, 11) is 0. The van der Waals surface area contributed by atoms with E-state index in [-0.39, 0.29) is 5.54 Å². The van der Waals surface area contributed by atoms with Gasteiger partial charge in [-0.2, -0.15) is 0 Å². The van der Waals surface area contributed by atoms with Gasteiger partial charge in [0.2, 0.25) is 0 Å². The molecule has 0 aliphatic carbocycles. The van der Waals surface area contributed by atoms with Crippen molar-refractivity contribution < 1.29 is 0 Å². The lowest BCUT2D eigenvalue weighted by Gasteiger charge is -2.22. The lowest BCUT2D eigenvalue weighted by molar-refractivity contribution is 0.290. The van der Waals surface area contributed by atoms with Gasteiger partial charge in [0.1, 0.15) is 0 Å². The molecule has 1 aliphatic rings. The third-order valence-corrected chi connectivity index (χ3v) is 4.49. The Morgan fingerprint density at radius 1 is 1.32 bits per heavy atom. The third-order valence-electron chi connectivity index (χ3n) is 3.40. The van der Waals surface area contributed by atoms with Crippen LogP contribution in [-0.4, -0.2) is 23.5 Å². The van der Waals surface area contributed by atoms with Crippen LogP contribution < -0.4 is 5.32 Å². The quantitative estimate of drug-likeness (QED) is 0.845. The monoisotopic (exact) mass is 278 g/mol. The molecule has 3 heteroatoms. The number of hydrogen-bond donors (Lipinski definition) is 1. The number of nitrogens with one attached hydrogen (secondary N) is 1. The average molecular weight is 278 g/mol. The van der Waals surface area contributed by atoms with Gasteiger partial charge in [-0.15, -0.1) is 11.3 Å². The van der Waals surface area contributed by atoms with Crippen molar-refractivity contribution in [2.75, 3.05) is 13.1 Å². The molecule has 0 bridgehead atoms. The topological polar surface area (TPSA) is 15.3 Å². The van der Waals surface area contributed by atoms with E-state index >= 15 is 0 Å². The van der Waals surface area contributed by atoms with Crippen LogP contribution in [0.2, 0.25) is 0 Å². The molecule has 1 aromatic heterocycles. The molecule has 0 fully saturated rings. The fourth-order valence-electron chi connectivity index (χ4n) is 2.26. The van der Waals surface area contributed by atoms with Crippen molar-refractivity contribution in [3.63, 3.8) is 0 Å². The molecule has 1 aromatic rings.